The van der Waals surface area contributed by atoms with Gasteiger partial charge in [0.1, 0.15) is 17.3 Å². The zero-order valence-electron chi connectivity index (χ0n) is 15.4. The number of hydrogen-bond acceptors (Lipinski definition) is 3. The molecule has 4 nitrogen and oxygen atoms in total. The second-order valence-corrected chi connectivity index (χ2v) is 6.69. The van der Waals surface area contributed by atoms with Gasteiger partial charge >= 0.3 is 6.18 Å². The summed E-state index contributed by atoms with van der Waals surface area (Å²) in [5.41, 5.74) is 1.28. The number of nitrogens with zero attached hydrogens (tertiary/aromatic N) is 2. The van der Waals surface area contributed by atoms with E-state index in [1.165, 1.54) is 12.1 Å². The van der Waals surface area contributed by atoms with Gasteiger partial charge in [0.15, 0.2) is 0 Å². The van der Waals surface area contributed by atoms with Gasteiger partial charge in [0.25, 0.3) is 0 Å². The summed E-state index contributed by atoms with van der Waals surface area (Å²) in [7, 11) is 1.56. The molecule has 0 radical (unpaired) electrons. The van der Waals surface area contributed by atoms with Crippen LogP contribution in [0.25, 0.3) is 16.9 Å². The fourth-order valence-corrected chi connectivity index (χ4v) is 3.63. The fourth-order valence-electron chi connectivity index (χ4n) is 3.63. The quantitative estimate of drug-likeness (QED) is 0.662. The topological polar surface area (TPSA) is 39.1 Å². The first-order valence-corrected chi connectivity index (χ1v) is 9.16. The Balaban J connectivity index is 1.97. The van der Waals surface area contributed by atoms with E-state index < -0.39 is 11.7 Å². The number of methoxy groups -OCH3 is 1. The monoisotopic (exact) mass is 387 g/mol. The van der Waals surface area contributed by atoms with Gasteiger partial charge in [0, 0.05) is 17.7 Å². The smallest absolute Gasteiger partial charge is 0.417 e. The molecular formula is C21H20F3N3O. The summed E-state index contributed by atoms with van der Waals surface area (Å²) in [4.78, 5) is 0. The Kier molecular flexibility index (Phi) is 4.75. The third-order valence-corrected chi connectivity index (χ3v) is 4.93. The minimum absolute atomic E-state index is 0.101. The highest BCUT2D eigenvalue weighted by molar-refractivity contribution is 5.74. The summed E-state index contributed by atoms with van der Waals surface area (Å²) in [6.45, 7) is 0.744. The van der Waals surface area contributed by atoms with Gasteiger partial charge in [0.05, 0.1) is 18.4 Å². The van der Waals surface area contributed by atoms with Crippen molar-refractivity contribution in [3.05, 3.63) is 59.7 Å². The van der Waals surface area contributed by atoms with E-state index in [9.17, 15) is 13.2 Å². The highest BCUT2D eigenvalue weighted by atomic mass is 19.4. The number of ether oxygens (including phenoxy) is 1. The lowest BCUT2D eigenvalue weighted by atomic mass is 9.99. The molecule has 2 heterocycles. The third kappa shape index (κ3) is 3.21. The first-order chi connectivity index (χ1) is 13.5. The van der Waals surface area contributed by atoms with E-state index >= 15 is 0 Å². The number of benzene rings is 2. The SMILES string of the molecule is COc1ccccc1-n1nc(-c2ccccc2C(F)(F)F)c2c1NCCCC2. The van der Waals surface area contributed by atoms with Crippen LogP contribution in [0.15, 0.2) is 48.5 Å². The van der Waals surface area contributed by atoms with E-state index in [2.05, 4.69) is 10.4 Å². The van der Waals surface area contributed by atoms with Crippen molar-refractivity contribution in [1.82, 2.24) is 9.78 Å². The van der Waals surface area contributed by atoms with Crippen LogP contribution >= 0.6 is 0 Å². The largest absolute Gasteiger partial charge is 0.494 e. The Hall–Kier alpha value is -2.96. The number of halogens is 3. The minimum Gasteiger partial charge on any atom is -0.494 e. The maximum atomic E-state index is 13.6. The Morgan fingerprint density at radius 1 is 1.04 bits per heavy atom. The summed E-state index contributed by atoms with van der Waals surface area (Å²) in [5.74, 6) is 1.34. The van der Waals surface area contributed by atoms with Crippen LogP contribution in [0.1, 0.15) is 24.0 Å². The van der Waals surface area contributed by atoms with Gasteiger partial charge < -0.3 is 10.1 Å². The van der Waals surface area contributed by atoms with Gasteiger partial charge in [-0.15, -0.1) is 0 Å². The molecule has 0 bridgehead atoms. The van der Waals surface area contributed by atoms with Crippen molar-refractivity contribution in [2.45, 2.75) is 25.4 Å². The van der Waals surface area contributed by atoms with Crippen LogP contribution in [0.2, 0.25) is 0 Å². The molecule has 0 saturated heterocycles. The number of nitrogens with one attached hydrogen (secondary N) is 1. The number of fused-ring (bicyclic) bond motifs is 1. The Labute approximate surface area is 160 Å². The maximum Gasteiger partial charge on any atom is 0.417 e. The van der Waals surface area contributed by atoms with E-state index in [1.54, 1.807) is 17.9 Å². The first-order valence-electron chi connectivity index (χ1n) is 9.16. The molecule has 3 aromatic rings. The number of para-hydroxylation sites is 2. The molecule has 0 spiro atoms. The van der Waals surface area contributed by atoms with Gasteiger partial charge in [-0.25, -0.2) is 4.68 Å². The molecule has 0 atom stereocenters. The molecule has 4 rings (SSSR count). The normalized spacial score (nSPS) is 14.1. The van der Waals surface area contributed by atoms with E-state index in [0.29, 0.717) is 23.6 Å². The molecule has 7 heteroatoms. The van der Waals surface area contributed by atoms with Crippen molar-refractivity contribution in [3.8, 4) is 22.7 Å². The molecule has 146 valence electrons. The van der Waals surface area contributed by atoms with Crippen LogP contribution in [0.4, 0.5) is 19.0 Å². The van der Waals surface area contributed by atoms with Crippen LogP contribution in [-0.2, 0) is 12.6 Å². The molecule has 0 aliphatic carbocycles. The molecule has 28 heavy (non-hydrogen) atoms. The van der Waals surface area contributed by atoms with E-state index in [-0.39, 0.29) is 5.56 Å². The average molecular weight is 387 g/mol. The first kappa shape index (κ1) is 18.4. The number of anilines is 1. The molecule has 0 fully saturated rings. The lowest BCUT2D eigenvalue weighted by Crippen LogP contribution is -2.08. The van der Waals surface area contributed by atoms with Crippen LogP contribution in [0.5, 0.6) is 5.75 Å². The molecule has 1 aliphatic rings. The lowest BCUT2D eigenvalue weighted by Gasteiger charge is -2.12. The minimum atomic E-state index is -4.45. The van der Waals surface area contributed by atoms with Crippen LogP contribution in [0.3, 0.4) is 0 Å². The summed E-state index contributed by atoms with van der Waals surface area (Å²) in [5, 5.41) is 7.99. The van der Waals surface area contributed by atoms with Gasteiger partial charge in [-0.2, -0.15) is 18.3 Å². The molecule has 0 saturated carbocycles. The summed E-state index contributed by atoms with van der Waals surface area (Å²) in [6, 6.07) is 13.0. The Morgan fingerprint density at radius 2 is 1.79 bits per heavy atom. The van der Waals surface area contributed by atoms with Gasteiger partial charge in [-0.3, -0.25) is 0 Å². The molecule has 2 aromatic carbocycles. The van der Waals surface area contributed by atoms with Gasteiger partial charge in [-0.1, -0.05) is 30.3 Å². The maximum absolute atomic E-state index is 13.6. The zero-order chi connectivity index (χ0) is 19.7. The van der Waals surface area contributed by atoms with Gasteiger partial charge in [-0.05, 0) is 37.5 Å². The van der Waals surface area contributed by atoms with Crippen molar-refractivity contribution in [3.63, 3.8) is 0 Å². The fraction of sp³-hybridized carbons (Fsp3) is 0.286. The molecular weight excluding hydrogens is 367 g/mol. The summed E-state index contributed by atoms with van der Waals surface area (Å²) >= 11 is 0. The van der Waals surface area contributed by atoms with Crippen LogP contribution in [-0.4, -0.2) is 23.4 Å². The number of aromatic nitrogens is 2. The van der Waals surface area contributed by atoms with Crippen LogP contribution in [0, 0.1) is 0 Å². The molecule has 0 amide bonds. The van der Waals surface area contributed by atoms with E-state index in [0.717, 1.165) is 36.8 Å². The molecule has 1 aromatic heterocycles. The second kappa shape index (κ2) is 7.22. The average Bonchev–Trinajstić information content (AvgIpc) is 2.87. The lowest BCUT2D eigenvalue weighted by molar-refractivity contribution is -0.137. The van der Waals surface area contributed by atoms with Gasteiger partial charge in [0.2, 0.25) is 0 Å². The zero-order valence-corrected chi connectivity index (χ0v) is 15.4. The number of hydrogen-bond donors (Lipinski definition) is 1. The Bertz CT molecular complexity index is 995. The number of alkyl halides is 3. The highest BCUT2D eigenvalue weighted by Crippen LogP contribution is 2.41. The highest BCUT2D eigenvalue weighted by Gasteiger charge is 2.35. The number of rotatable bonds is 3. The standard InChI is InChI=1S/C21H20F3N3O/c1-28-18-12-5-4-11-17(18)27-20-15(9-6-7-13-25-20)19(26-27)14-8-2-3-10-16(14)21(22,23)24/h2-5,8,10-12,25H,6-7,9,13H2,1H3. The molecule has 1 N–H and O–H groups in total. The Morgan fingerprint density at radius 3 is 2.57 bits per heavy atom. The van der Waals surface area contributed by atoms with E-state index in [1.807, 2.05) is 24.3 Å². The summed E-state index contributed by atoms with van der Waals surface area (Å²) < 4.78 is 48.0. The van der Waals surface area contributed by atoms with Crippen molar-refractivity contribution >= 4 is 5.82 Å². The van der Waals surface area contributed by atoms with E-state index in [4.69, 9.17) is 4.74 Å². The van der Waals surface area contributed by atoms with Crippen molar-refractivity contribution in [2.75, 3.05) is 19.0 Å². The predicted octanol–water partition coefficient (Wildman–Crippen LogP) is 5.31. The van der Waals surface area contributed by atoms with Crippen LogP contribution < -0.4 is 10.1 Å². The summed E-state index contributed by atoms with van der Waals surface area (Å²) in [6.07, 6.45) is -1.95. The van der Waals surface area contributed by atoms with Crippen molar-refractivity contribution in [2.24, 2.45) is 0 Å². The molecule has 1 aliphatic heterocycles. The second-order valence-electron chi connectivity index (χ2n) is 6.69. The van der Waals surface area contributed by atoms with Crippen molar-refractivity contribution < 1.29 is 17.9 Å². The predicted molar refractivity (Wildman–Crippen MR) is 102 cm³/mol. The van der Waals surface area contributed by atoms with Crippen molar-refractivity contribution in [1.29, 1.82) is 0 Å². The molecule has 0 unspecified atom stereocenters. The third-order valence-electron chi connectivity index (χ3n) is 4.93.